The quantitative estimate of drug-likeness (QED) is 0.335. The van der Waals surface area contributed by atoms with Crippen molar-refractivity contribution in [2.75, 3.05) is 6.54 Å². The van der Waals surface area contributed by atoms with Gasteiger partial charge in [-0.2, -0.15) is 0 Å². The van der Waals surface area contributed by atoms with Crippen LogP contribution in [-0.4, -0.2) is 39.3 Å². The Labute approximate surface area is 154 Å². The number of H-pyrrole nitrogens is 1. The van der Waals surface area contributed by atoms with E-state index in [4.69, 9.17) is 16.2 Å². The fourth-order valence-corrected chi connectivity index (χ4v) is 2.75. The predicted molar refractivity (Wildman–Crippen MR) is 102 cm³/mol. The van der Waals surface area contributed by atoms with Crippen molar-refractivity contribution in [1.29, 1.82) is 5.41 Å². The van der Waals surface area contributed by atoms with Crippen LogP contribution in [0.2, 0.25) is 0 Å². The number of nitrogens with two attached hydrogens (primary N) is 1. The molecule has 3 rings (SSSR count). The van der Waals surface area contributed by atoms with E-state index in [-0.39, 0.29) is 24.7 Å². The number of aryl methyl sites for hydroxylation is 1. The Balaban J connectivity index is 1.88. The summed E-state index contributed by atoms with van der Waals surface area (Å²) in [5, 5.41) is 18.7. The maximum Gasteiger partial charge on any atom is 0.305 e. The highest BCUT2D eigenvalue weighted by molar-refractivity contribution is 5.99. The minimum absolute atomic E-state index is 0.000512. The second-order valence-corrected chi connectivity index (χ2v) is 6.17. The number of imidazole rings is 1. The number of amidine groups is 1. The van der Waals surface area contributed by atoms with Gasteiger partial charge in [-0.25, -0.2) is 4.98 Å². The van der Waals surface area contributed by atoms with Gasteiger partial charge in [0.2, 0.25) is 0 Å². The van der Waals surface area contributed by atoms with E-state index in [9.17, 15) is 9.59 Å². The molecule has 0 saturated carbocycles. The van der Waals surface area contributed by atoms with Gasteiger partial charge in [0, 0.05) is 23.2 Å². The lowest BCUT2D eigenvalue weighted by atomic mass is 10.1. The van der Waals surface area contributed by atoms with Crippen molar-refractivity contribution in [1.82, 2.24) is 15.3 Å². The molecule has 0 unspecified atom stereocenters. The molecule has 0 aliphatic heterocycles. The molecule has 3 aromatic rings. The Morgan fingerprint density at radius 3 is 2.56 bits per heavy atom. The maximum atomic E-state index is 12.2. The number of hydrogen-bond acceptors (Lipinski definition) is 4. The third kappa shape index (κ3) is 3.95. The standard InChI is InChI=1S/C19H19N5O3/c1-10-8-13(19(27)22-7-6-15(25)26)9-14-16(10)24-18(23-14)12-4-2-11(3-5-12)17(20)21/h2-5,8-9H,6-7H2,1H3,(H3,20,21)(H,22,27)(H,23,24)(H,25,26). The van der Waals surface area contributed by atoms with E-state index in [2.05, 4.69) is 15.3 Å². The summed E-state index contributed by atoms with van der Waals surface area (Å²) >= 11 is 0. The number of benzene rings is 2. The highest BCUT2D eigenvalue weighted by Crippen LogP contribution is 2.24. The normalized spacial score (nSPS) is 10.7. The van der Waals surface area contributed by atoms with Crippen molar-refractivity contribution >= 4 is 28.7 Å². The highest BCUT2D eigenvalue weighted by atomic mass is 16.4. The topological polar surface area (TPSA) is 145 Å². The van der Waals surface area contributed by atoms with Crippen LogP contribution in [0.4, 0.5) is 0 Å². The monoisotopic (exact) mass is 365 g/mol. The Morgan fingerprint density at radius 2 is 1.93 bits per heavy atom. The molecule has 1 amide bonds. The van der Waals surface area contributed by atoms with Crippen molar-refractivity contribution in [3.05, 3.63) is 53.1 Å². The fraction of sp³-hybridized carbons (Fsp3) is 0.158. The number of fused-ring (bicyclic) bond motifs is 1. The maximum absolute atomic E-state index is 12.2. The van der Waals surface area contributed by atoms with Gasteiger partial charge in [-0.15, -0.1) is 0 Å². The van der Waals surface area contributed by atoms with Crippen LogP contribution in [0.25, 0.3) is 22.4 Å². The average molecular weight is 365 g/mol. The molecule has 0 saturated heterocycles. The summed E-state index contributed by atoms with van der Waals surface area (Å²) in [5.74, 6) is -0.647. The molecule has 0 spiro atoms. The third-order valence-electron chi connectivity index (χ3n) is 4.13. The number of carbonyl (C=O) groups excluding carboxylic acids is 1. The molecule has 6 N–H and O–H groups in total. The van der Waals surface area contributed by atoms with E-state index in [0.29, 0.717) is 22.5 Å². The molecule has 1 heterocycles. The lowest BCUT2D eigenvalue weighted by Gasteiger charge is -2.05. The van der Waals surface area contributed by atoms with Gasteiger partial charge in [0.25, 0.3) is 5.91 Å². The molecular formula is C19H19N5O3. The van der Waals surface area contributed by atoms with E-state index < -0.39 is 5.97 Å². The summed E-state index contributed by atoms with van der Waals surface area (Å²) in [4.78, 5) is 30.6. The van der Waals surface area contributed by atoms with Gasteiger partial charge < -0.3 is 21.1 Å². The van der Waals surface area contributed by atoms with Crippen LogP contribution in [0.3, 0.4) is 0 Å². The van der Waals surface area contributed by atoms with Gasteiger partial charge in [0.05, 0.1) is 17.5 Å². The minimum Gasteiger partial charge on any atom is -0.481 e. The number of carboxylic acid groups (broad SMARTS) is 1. The van der Waals surface area contributed by atoms with E-state index in [1.807, 2.05) is 19.1 Å². The first kappa shape index (κ1) is 18.1. The van der Waals surface area contributed by atoms with E-state index >= 15 is 0 Å². The van der Waals surface area contributed by atoms with Crippen molar-refractivity contribution in [2.45, 2.75) is 13.3 Å². The molecule has 2 aromatic carbocycles. The molecule has 27 heavy (non-hydrogen) atoms. The molecule has 8 heteroatoms. The molecule has 0 fully saturated rings. The van der Waals surface area contributed by atoms with Gasteiger partial charge in [-0.3, -0.25) is 15.0 Å². The number of aliphatic carboxylic acids is 1. The minimum atomic E-state index is -0.962. The first-order valence-corrected chi connectivity index (χ1v) is 8.30. The van der Waals surface area contributed by atoms with Crippen LogP contribution < -0.4 is 11.1 Å². The second kappa shape index (κ2) is 7.28. The second-order valence-electron chi connectivity index (χ2n) is 6.17. The van der Waals surface area contributed by atoms with Crippen LogP contribution in [0.15, 0.2) is 36.4 Å². The summed E-state index contributed by atoms with van der Waals surface area (Å²) in [6, 6.07) is 10.6. The number of nitrogen functional groups attached to an aromatic ring is 1. The zero-order valence-corrected chi connectivity index (χ0v) is 14.7. The van der Waals surface area contributed by atoms with Crippen LogP contribution >= 0.6 is 0 Å². The Bertz CT molecular complexity index is 1040. The van der Waals surface area contributed by atoms with Crippen LogP contribution in [0.5, 0.6) is 0 Å². The lowest BCUT2D eigenvalue weighted by molar-refractivity contribution is -0.136. The molecule has 0 aliphatic carbocycles. The molecule has 0 radical (unpaired) electrons. The van der Waals surface area contributed by atoms with Gasteiger partial charge in [0.15, 0.2) is 0 Å². The molecular weight excluding hydrogens is 346 g/mol. The van der Waals surface area contributed by atoms with E-state index in [1.54, 1.807) is 24.3 Å². The molecule has 8 nitrogen and oxygen atoms in total. The van der Waals surface area contributed by atoms with Crippen molar-refractivity contribution in [3.63, 3.8) is 0 Å². The number of carbonyl (C=O) groups is 2. The number of hydrogen-bond donors (Lipinski definition) is 5. The first-order chi connectivity index (χ1) is 12.8. The summed E-state index contributed by atoms with van der Waals surface area (Å²) < 4.78 is 0. The average Bonchev–Trinajstić information content (AvgIpc) is 3.06. The largest absolute Gasteiger partial charge is 0.481 e. The van der Waals surface area contributed by atoms with Gasteiger partial charge >= 0.3 is 5.97 Å². The summed E-state index contributed by atoms with van der Waals surface area (Å²) in [6.07, 6.45) is -0.128. The summed E-state index contributed by atoms with van der Waals surface area (Å²) in [6.45, 7) is 1.93. The Kier molecular flexibility index (Phi) is 4.89. The Hall–Kier alpha value is -3.68. The first-order valence-electron chi connectivity index (χ1n) is 8.30. The van der Waals surface area contributed by atoms with E-state index in [1.165, 1.54) is 0 Å². The molecule has 0 aliphatic rings. The summed E-state index contributed by atoms with van der Waals surface area (Å²) in [5.41, 5.74) is 9.67. The molecule has 0 atom stereocenters. The number of nitrogens with one attached hydrogen (secondary N) is 3. The number of carboxylic acids is 1. The van der Waals surface area contributed by atoms with Gasteiger partial charge in [-0.05, 0) is 24.6 Å². The number of nitrogens with zero attached hydrogens (tertiary/aromatic N) is 1. The van der Waals surface area contributed by atoms with Crippen LogP contribution in [0.1, 0.15) is 27.9 Å². The molecule has 138 valence electrons. The number of amides is 1. The SMILES string of the molecule is Cc1cc(C(=O)NCCC(=O)O)cc2[nH]c(-c3ccc(C(=N)N)cc3)nc12. The number of aromatic amines is 1. The predicted octanol–water partition coefficient (Wildman–Crippen LogP) is 2.03. The van der Waals surface area contributed by atoms with E-state index in [0.717, 1.165) is 16.6 Å². The Morgan fingerprint density at radius 1 is 1.22 bits per heavy atom. The van der Waals surface area contributed by atoms with Crippen molar-refractivity contribution < 1.29 is 14.7 Å². The third-order valence-corrected chi connectivity index (χ3v) is 4.13. The zero-order valence-electron chi connectivity index (χ0n) is 14.7. The molecule has 0 bridgehead atoms. The fourth-order valence-electron chi connectivity index (χ4n) is 2.75. The summed E-state index contributed by atoms with van der Waals surface area (Å²) in [7, 11) is 0. The van der Waals surface area contributed by atoms with Crippen molar-refractivity contribution in [2.24, 2.45) is 5.73 Å². The van der Waals surface area contributed by atoms with Gasteiger partial charge in [-0.1, -0.05) is 24.3 Å². The van der Waals surface area contributed by atoms with Crippen LogP contribution in [0, 0.1) is 12.3 Å². The zero-order chi connectivity index (χ0) is 19.6. The number of aromatic nitrogens is 2. The molecule has 1 aromatic heterocycles. The van der Waals surface area contributed by atoms with Gasteiger partial charge in [0.1, 0.15) is 11.7 Å². The van der Waals surface area contributed by atoms with Crippen LogP contribution in [-0.2, 0) is 4.79 Å². The van der Waals surface area contributed by atoms with Crippen molar-refractivity contribution in [3.8, 4) is 11.4 Å². The highest BCUT2D eigenvalue weighted by Gasteiger charge is 2.13. The lowest BCUT2D eigenvalue weighted by Crippen LogP contribution is -2.26. The number of rotatable bonds is 6. The smallest absolute Gasteiger partial charge is 0.305 e.